The number of amides is 1. The molecule has 0 fully saturated rings. The summed E-state index contributed by atoms with van der Waals surface area (Å²) in [6.45, 7) is 3.60. The Hall–Kier alpha value is -2.62. The van der Waals surface area contributed by atoms with Crippen molar-refractivity contribution in [3.8, 4) is 0 Å². The molecule has 122 valence electrons. The van der Waals surface area contributed by atoms with Gasteiger partial charge in [-0.25, -0.2) is 4.98 Å². The van der Waals surface area contributed by atoms with Crippen molar-refractivity contribution in [2.24, 2.45) is 0 Å². The van der Waals surface area contributed by atoms with Crippen LogP contribution in [0.15, 0.2) is 42.5 Å². The van der Waals surface area contributed by atoms with Gasteiger partial charge in [-0.2, -0.15) is 0 Å². The van der Waals surface area contributed by atoms with Crippen LogP contribution in [0.3, 0.4) is 0 Å². The number of rotatable bonds is 4. The molecule has 1 aliphatic rings. The molecule has 0 aliphatic carbocycles. The third kappa shape index (κ3) is 2.58. The standard InChI is InChI=1S/C20H21N3O/c1-2-14-6-8-15(9-7-14)10-11-18-22-17-5-3-4-16-19(17)23(18)13-12-21-20(16)24/h3-9H,2,10-13H2,1H3,(H,21,24). The van der Waals surface area contributed by atoms with Crippen LogP contribution in [0.2, 0.25) is 0 Å². The molecular formula is C20H21N3O. The first-order valence-electron chi connectivity index (χ1n) is 8.60. The number of carbonyl (C=O) groups excluding carboxylic acids is 1. The number of aromatic nitrogens is 2. The smallest absolute Gasteiger partial charge is 0.253 e. The highest BCUT2D eigenvalue weighted by atomic mass is 16.1. The Morgan fingerprint density at radius 2 is 1.88 bits per heavy atom. The van der Waals surface area contributed by atoms with Crippen molar-refractivity contribution in [3.63, 3.8) is 0 Å². The second-order valence-corrected chi connectivity index (χ2v) is 6.28. The van der Waals surface area contributed by atoms with Crippen LogP contribution in [0.5, 0.6) is 0 Å². The zero-order chi connectivity index (χ0) is 16.5. The molecule has 1 N–H and O–H groups in total. The predicted octanol–water partition coefficient (Wildman–Crippen LogP) is 3.13. The van der Waals surface area contributed by atoms with E-state index in [9.17, 15) is 4.79 Å². The summed E-state index contributed by atoms with van der Waals surface area (Å²) in [5.74, 6) is 1.06. The first kappa shape index (κ1) is 14.9. The molecule has 1 aliphatic heterocycles. The van der Waals surface area contributed by atoms with Crippen LogP contribution in [-0.4, -0.2) is 22.0 Å². The van der Waals surface area contributed by atoms with Gasteiger partial charge < -0.3 is 9.88 Å². The van der Waals surface area contributed by atoms with Crippen LogP contribution >= 0.6 is 0 Å². The zero-order valence-corrected chi connectivity index (χ0v) is 13.9. The van der Waals surface area contributed by atoms with Gasteiger partial charge in [-0.1, -0.05) is 37.3 Å². The minimum absolute atomic E-state index is 0.000884. The van der Waals surface area contributed by atoms with Gasteiger partial charge in [-0.15, -0.1) is 0 Å². The van der Waals surface area contributed by atoms with E-state index in [4.69, 9.17) is 4.98 Å². The lowest BCUT2D eigenvalue weighted by molar-refractivity contribution is 0.0956. The Bertz CT molecular complexity index is 893. The van der Waals surface area contributed by atoms with E-state index in [0.717, 1.165) is 48.2 Å². The molecule has 4 heteroatoms. The van der Waals surface area contributed by atoms with Crippen LogP contribution in [0, 0.1) is 0 Å². The topological polar surface area (TPSA) is 46.9 Å². The molecule has 2 aromatic carbocycles. The fourth-order valence-electron chi connectivity index (χ4n) is 3.42. The van der Waals surface area contributed by atoms with E-state index in [1.165, 1.54) is 11.1 Å². The number of nitrogens with one attached hydrogen (secondary N) is 1. The zero-order valence-electron chi connectivity index (χ0n) is 13.9. The van der Waals surface area contributed by atoms with Crippen molar-refractivity contribution in [3.05, 3.63) is 65.0 Å². The van der Waals surface area contributed by atoms with Crippen molar-refractivity contribution < 1.29 is 4.79 Å². The highest BCUT2D eigenvalue weighted by Gasteiger charge is 2.20. The normalized spacial score (nSPS) is 13.8. The summed E-state index contributed by atoms with van der Waals surface area (Å²) < 4.78 is 2.21. The Kier molecular flexibility index (Phi) is 3.81. The molecule has 0 saturated heterocycles. The number of benzene rings is 2. The summed E-state index contributed by atoms with van der Waals surface area (Å²) in [5, 5.41) is 2.96. The minimum atomic E-state index is 0.000884. The molecule has 1 aromatic heterocycles. The second kappa shape index (κ2) is 6.11. The van der Waals surface area contributed by atoms with Gasteiger partial charge in [0.15, 0.2) is 0 Å². The number of hydrogen-bond donors (Lipinski definition) is 1. The van der Waals surface area contributed by atoms with Gasteiger partial charge in [-0.3, -0.25) is 4.79 Å². The number of hydrogen-bond acceptors (Lipinski definition) is 2. The van der Waals surface area contributed by atoms with Gasteiger partial charge in [0.2, 0.25) is 0 Å². The average molecular weight is 319 g/mol. The molecule has 0 saturated carbocycles. The first-order chi connectivity index (χ1) is 11.8. The maximum absolute atomic E-state index is 12.2. The minimum Gasteiger partial charge on any atom is -0.350 e. The number of para-hydroxylation sites is 1. The average Bonchev–Trinajstić information content (AvgIpc) is 2.88. The number of nitrogens with zero attached hydrogens (tertiary/aromatic N) is 2. The Morgan fingerprint density at radius 1 is 1.08 bits per heavy atom. The van der Waals surface area contributed by atoms with E-state index in [1.54, 1.807) is 0 Å². The molecule has 0 bridgehead atoms. The van der Waals surface area contributed by atoms with Gasteiger partial charge in [0, 0.05) is 19.5 Å². The van der Waals surface area contributed by atoms with Crippen molar-refractivity contribution in [1.29, 1.82) is 0 Å². The van der Waals surface area contributed by atoms with Gasteiger partial charge in [0.05, 0.1) is 16.6 Å². The van der Waals surface area contributed by atoms with Gasteiger partial charge in [-0.05, 0) is 36.1 Å². The summed E-state index contributed by atoms with van der Waals surface area (Å²) in [6, 6.07) is 14.6. The third-order valence-corrected chi connectivity index (χ3v) is 4.78. The molecule has 3 aromatic rings. The number of carbonyl (C=O) groups is 1. The van der Waals surface area contributed by atoms with E-state index >= 15 is 0 Å². The first-order valence-corrected chi connectivity index (χ1v) is 8.60. The number of imidazole rings is 1. The highest BCUT2D eigenvalue weighted by Crippen LogP contribution is 2.23. The maximum Gasteiger partial charge on any atom is 0.253 e. The molecule has 0 spiro atoms. The molecular weight excluding hydrogens is 298 g/mol. The fourth-order valence-corrected chi connectivity index (χ4v) is 3.42. The van der Waals surface area contributed by atoms with E-state index in [1.807, 2.05) is 18.2 Å². The SMILES string of the molecule is CCc1ccc(CCc2nc3cccc4c3n2CCNC4=O)cc1. The lowest BCUT2D eigenvalue weighted by Gasteiger charge is -2.07. The van der Waals surface area contributed by atoms with Crippen LogP contribution in [0.25, 0.3) is 11.0 Å². The Labute approximate surface area is 141 Å². The van der Waals surface area contributed by atoms with E-state index in [2.05, 4.69) is 41.1 Å². The molecule has 4 rings (SSSR count). The molecule has 24 heavy (non-hydrogen) atoms. The number of aryl methyl sites for hydroxylation is 3. The molecule has 0 unspecified atom stereocenters. The van der Waals surface area contributed by atoms with Gasteiger partial charge in [0.25, 0.3) is 5.91 Å². The molecule has 2 heterocycles. The monoisotopic (exact) mass is 319 g/mol. The third-order valence-electron chi connectivity index (χ3n) is 4.78. The predicted molar refractivity (Wildman–Crippen MR) is 95.3 cm³/mol. The summed E-state index contributed by atoms with van der Waals surface area (Å²) in [5.41, 5.74) is 5.32. The lowest BCUT2D eigenvalue weighted by Crippen LogP contribution is -2.24. The van der Waals surface area contributed by atoms with Crippen molar-refractivity contribution >= 4 is 16.9 Å². The largest absolute Gasteiger partial charge is 0.350 e. The van der Waals surface area contributed by atoms with Crippen molar-refractivity contribution in [2.45, 2.75) is 32.7 Å². The lowest BCUT2D eigenvalue weighted by atomic mass is 10.1. The molecule has 0 radical (unpaired) electrons. The van der Waals surface area contributed by atoms with E-state index < -0.39 is 0 Å². The Balaban J connectivity index is 1.65. The highest BCUT2D eigenvalue weighted by molar-refractivity contribution is 6.05. The summed E-state index contributed by atoms with van der Waals surface area (Å²) in [7, 11) is 0. The summed E-state index contributed by atoms with van der Waals surface area (Å²) in [6.07, 6.45) is 2.91. The van der Waals surface area contributed by atoms with Crippen molar-refractivity contribution in [1.82, 2.24) is 14.9 Å². The summed E-state index contributed by atoms with van der Waals surface area (Å²) >= 11 is 0. The second-order valence-electron chi connectivity index (χ2n) is 6.28. The Morgan fingerprint density at radius 3 is 2.67 bits per heavy atom. The quantitative estimate of drug-likeness (QED) is 0.803. The van der Waals surface area contributed by atoms with Crippen LogP contribution in [-0.2, 0) is 25.8 Å². The van der Waals surface area contributed by atoms with Gasteiger partial charge in [0.1, 0.15) is 5.82 Å². The van der Waals surface area contributed by atoms with Crippen LogP contribution in [0.1, 0.15) is 34.2 Å². The summed E-state index contributed by atoms with van der Waals surface area (Å²) in [4.78, 5) is 17.0. The van der Waals surface area contributed by atoms with E-state index in [0.29, 0.717) is 6.54 Å². The van der Waals surface area contributed by atoms with E-state index in [-0.39, 0.29) is 5.91 Å². The molecule has 0 atom stereocenters. The van der Waals surface area contributed by atoms with Crippen LogP contribution < -0.4 is 5.32 Å². The fraction of sp³-hybridized carbons (Fsp3) is 0.300. The molecule has 4 nitrogen and oxygen atoms in total. The maximum atomic E-state index is 12.2. The van der Waals surface area contributed by atoms with Crippen molar-refractivity contribution in [2.75, 3.05) is 6.54 Å². The van der Waals surface area contributed by atoms with Crippen LogP contribution in [0.4, 0.5) is 0 Å². The molecule has 1 amide bonds. The van der Waals surface area contributed by atoms with Gasteiger partial charge >= 0.3 is 0 Å².